The van der Waals surface area contributed by atoms with Crippen molar-refractivity contribution in [1.82, 2.24) is 4.98 Å². The van der Waals surface area contributed by atoms with Crippen LogP contribution in [0.5, 0.6) is 0 Å². The van der Waals surface area contributed by atoms with Gasteiger partial charge in [0.15, 0.2) is 5.13 Å². The van der Waals surface area contributed by atoms with E-state index >= 15 is 0 Å². The van der Waals surface area contributed by atoms with Crippen LogP contribution in [0.4, 0.5) is 5.13 Å². The van der Waals surface area contributed by atoms with Crippen LogP contribution >= 0.6 is 23.1 Å². The molecule has 0 radical (unpaired) electrons. The number of thiazole rings is 1. The van der Waals surface area contributed by atoms with Crippen molar-refractivity contribution in [2.75, 3.05) is 5.32 Å². The van der Waals surface area contributed by atoms with Crippen LogP contribution in [0.1, 0.15) is 23.0 Å². The van der Waals surface area contributed by atoms with Gasteiger partial charge >= 0.3 is 5.97 Å². The Morgan fingerprint density at radius 3 is 2.85 bits per heavy atom. The topological polar surface area (TPSA) is 79.3 Å². The summed E-state index contributed by atoms with van der Waals surface area (Å²) in [6.45, 7) is 1.43. The number of carbonyl (C=O) groups excluding carboxylic acids is 1. The van der Waals surface area contributed by atoms with Crippen molar-refractivity contribution in [3.05, 3.63) is 40.9 Å². The van der Waals surface area contributed by atoms with Crippen LogP contribution in [-0.2, 0) is 10.5 Å². The molecule has 1 aromatic carbocycles. The maximum absolute atomic E-state index is 11.1. The van der Waals surface area contributed by atoms with Gasteiger partial charge in [0.05, 0.1) is 11.3 Å². The van der Waals surface area contributed by atoms with Crippen molar-refractivity contribution >= 4 is 40.1 Å². The first-order chi connectivity index (χ1) is 9.56. The molecular weight excluding hydrogens is 296 g/mol. The average molecular weight is 308 g/mol. The molecule has 104 valence electrons. The summed E-state index contributed by atoms with van der Waals surface area (Å²) in [5.41, 5.74) is 1.10. The van der Waals surface area contributed by atoms with Crippen molar-refractivity contribution in [2.24, 2.45) is 0 Å². The van der Waals surface area contributed by atoms with Crippen molar-refractivity contribution in [3.63, 3.8) is 0 Å². The number of hydrogen-bond acceptors (Lipinski definition) is 5. The number of carboxylic acids is 1. The number of nitrogens with one attached hydrogen (secondary N) is 1. The molecule has 0 aliphatic rings. The monoisotopic (exact) mass is 308 g/mol. The van der Waals surface area contributed by atoms with Gasteiger partial charge in [0, 0.05) is 23.0 Å². The molecule has 0 bridgehead atoms. The Morgan fingerprint density at radius 1 is 1.40 bits per heavy atom. The number of thioether (sulfide) groups is 1. The Hall–Kier alpha value is -1.86. The lowest BCUT2D eigenvalue weighted by Crippen LogP contribution is -2.05. The number of nitrogens with zero attached hydrogens (tertiary/aromatic N) is 1. The van der Waals surface area contributed by atoms with Gasteiger partial charge in [-0.3, -0.25) is 4.79 Å². The molecule has 2 rings (SSSR count). The highest BCUT2D eigenvalue weighted by Crippen LogP contribution is 2.27. The smallest absolute Gasteiger partial charge is 0.336 e. The number of hydrogen-bond donors (Lipinski definition) is 2. The number of rotatable bonds is 5. The third-order valence-electron chi connectivity index (χ3n) is 2.33. The van der Waals surface area contributed by atoms with Gasteiger partial charge in [-0.15, -0.1) is 23.1 Å². The van der Waals surface area contributed by atoms with E-state index in [9.17, 15) is 9.59 Å². The van der Waals surface area contributed by atoms with Crippen LogP contribution < -0.4 is 5.32 Å². The summed E-state index contributed by atoms with van der Waals surface area (Å²) in [7, 11) is 0. The van der Waals surface area contributed by atoms with Gasteiger partial charge < -0.3 is 10.4 Å². The Labute approximate surface area is 124 Å². The number of carboxylic acid groups (broad SMARTS) is 1. The van der Waals surface area contributed by atoms with Crippen LogP contribution in [0, 0.1) is 0 Å². The largest absolute Gasteiger partial charge is 0.478 e. The minimum absolute atomic E-state index is 0.158. The molecule has 20 heavy (non-hydrogen) atoms. The Bertz CT molecular complexity index is 640. The Morgan fingerprint density at radius 2 is 2.15 bits per heavy atom. The lowest BCUT2D eigenvalue weighted by atomic mass is 10.2. The number of amides is 1. The zero-order chi connectivity index (χ0) is 14.5. The number of benzene rings is 1. The molecule has 5 nitrogen and oxygen atoms in total. The summed E-state index contributed by atoms with van der Waals surface area (Å²) < 4.78 is 0. The molecule has 2 N–H and O–H groups in total. The van der Waals surface area contributed by atoms with Crippen LogP contribution in [0.15, 0.2) is 34.5 Å². The minimum atomic E-state index is -0.940. The second kappa shape index (κ2) is 6.53. The molecule has 1 heterocycles. The van der Waals surface area contributed by atoms with Crippen molar-refractivity contribution < 1.29 is 14.7 Å². The first kappa shape index (κ1) is 14.5. The molecule has 0 unspecified atom stereocenters. The summed E-state index contributed by atoms with van der Waals surface area (Å²) in [4.78, 5) is 27.0. The van der Waals surface area contributed by atoms with Crippen molar-refractivity contribution in [3.8, 4) is 0 Å². The normalized spacial score (nSPS) is 10.2. The van der Waals surface area contributed by atoms with Crippen LogP contribution in [-0.4, -0.2) is 22.0 Å². The molecule has 2 aromatic rings. The Balaban J connectivity index is 2.04. The van der Waals surface area contributed by atoms with E-state index < -0.39 is 5.97 Å². The zero-order valence-electron chi connectivity index (χ0n) is 10.6. The summed E-state index contributed by atoms with van der Waals surface area (Å²) in [6, 6.07) is 6.85. The van der Waals surface area contributed by atoms with Gasteiger partial charge in [-0.2, -0.15) is 0 Å². The van der Waals surface area contributed by atoms with E-state index in [1.807, 2.05) is 5.38 Å². The van der Waals surface area contributed by atoms with Gasteiger partial charge in [-0.25, -0.2) is 9.78 Å². The second-order valence-corrected chi connectivity index (χ2v) is 5.79. The predicted octanol–water partition coefficient (Wildman–Crippen LogP) is 3.09. The van der Waals surface area contributed by atoms with Crippen molar-refractivity contribution in [1.29, 1.82) is 0 Å². The number of aromatic nitrogens is 1. The highest BCUT2D eigenvalue weighted by molar-refractivity contribution is 7.98. The fraction of sp³-hybridized carbons (Fsp3) is 0.154. The molecule has 0 saturated carbocycles. The molecule has 0 atom stereocenters. The summed E-state index contributed by atoms with van der Waals surface area (Å²) in [6.07, 6.45) is 0. The molecule has 1 aromatic heterocycles. The molecule has 0 fully saturated rings. The first-order valence-corrected chi connectivity index (χ1v) is 7.60. The number of carbonyl (C=O) groups is 2. The lowest BCUT2D eigenvalue weighted by Gasteiger charge is -2.03. The third kappa shape index (κ3) is 3.82. The van der Waals surface area contributed by atoms with Crippen LogP contribution in [0.2, 0.25) is 0 Å². The van der Waals surface area contributed by atoms with Gasteiger partial charge in [0.2, 0.25) is 5.91 Å². The quantitative estimate of drug-likeness (QED) is 0.830. The molecule has 0 saturated heterocycles. The molecular formula is C13H12N2O3S2. The highest BCUT2D eigenvalue weighted by Gasteiger charge is 2.10. The van der Waals surface area contributed by atoms with Gasteiger partial charge in [0.25, 0.3) is 0 Å². The third-order valence-corrected chi connectivity index (χ3v) is 4.24. The lowest BCUT2D eigenvalue weighted by molar-refractivity contribution is -0.114. The van der Waals surface area contributed by atoms with E-state index in [4.69, 9.17) is 5.11 Å². The molecule has 0 aliphatic heterocycles. The second-order valence-electron chi connectivity index (χ2n) is 3.92. The summed E-state index contributed by atoms with van der Waals surface area (Å²) in [5.74, 6) is -0.541. The van der Waals surface area contributed by atoms with Crippen LogP contribution in [0.25, 0.3) is 0 Å². The summed E-state index contributed by atoms with van der Waals surface area (Å²) in [5, 5.41) is 14.1. The maximum atomic E-state index is 11.1. The number of anilines is 1. The van der Waals surface area contributed by atoms with Crippen molar-refractivity contribution in [2.45, 2.75) is 17.6 Å². The van der Waals surface area contributed by atoms with E-state index in [2.05, 4.69) is 10.3 Å². The molecule has 1 amide bonds. The molecule has 7 heteroatoms. The van der Waals surface area contributed by atoms with E-state index in [1.54, 1.807) is 24.3 Å². The fourth-order valence-electron chi connectivity index (χ4n) is 1.50. The SMILES string of the molecule is CC(=O)Nc1nc(CSc2ccccc2C(=O)O)cs1. The predicted molar refractivity (Wildman–Crippen MR) is 79.4 cm³/mol. The summed E-state index contributed by atoms with van der Waals surface area (Å²) >= 11 is 2.76. The standard InChI is InChI=1S/C13H12N2O3S2/c1-8(16)14-13-15-9(7-20-13)6-19-11-5-3-2-4-10(11)12(17)18/h2-5,7H,6H2,1H3,(H,17,18)(H,14,15,16). The van der Waals surface area contributed by atoms with Crippen LogP contribution in [0.3, 0.4) is 0 Å². The van der Waals surface area contributed by atoms with E-state index in [1.165, 1.54) is 30.0 Å². The van der Waals surface area contributed by atoms with Gasteiger partial charge in [0.1, 0.15) is 0 Å². The van der Waals surface area contributed by atoms with E-state index in [0.717, 1.165) is 5.69 Å². The van der Waals surface area contributed by atoms with E-state index in [-0.39, 0.29) is 11.5 Å². The highest BCUT2D eigenvalue weighted by atomic mass is 32.2. The number of aromatic carboxylic acids is 1. The van der Waals surface area contributed by atoms with Gasteiger partial charge in [-0.05, 0) is 12.1 Å². The molecule has 0 spiro atoms. The Kier molecular flexibility index (Phi) is 4.75. The molecule has 0 aliphatic carbocycles. The maximum Gasteiger partial charge on any atom is 0.336 e. The van der Waals surface area contributed by atoms with E-state index in [0.29, 0.717) is 15.8 Å². The minimum Gasteiger partial charge on any atom is -0.478 e. The van der Waals surface area contributed by atoms with Gasteiger partial charge in [-0.1, -0.05) is 12.1 Å². The first-order valence-electron chi connectivity index (χ1n) is 5.73. The average Bonchev–Trinajstić information content (AvgIpc) is 2.83. The fourth-order valence-corrected chi connectivity index (χ4v) is 3.30. The zero-order valence-corrected chi connectivity index (χ0v) is 12.3.